The van der Waals surface area contributed by atoms with Crippen LogP contribution in [0.2, 0.25) is 0 Å². The predicted octanol–water partition coefficient (Wildman–Crippen LogP) is 4.91. The molecule has 0 bridgehead atoms. The Balaban J connectivity index is 3.70. The topological polar surface area (TPSA) is 12.0 Å². The van der Waals surface area contributed by atoms with Crippen LogP contribution in [-0.2, 0) is 0 Å². The van der Waals surface area contributed by atoms with Crippen molar-refractivity contribution in [1.82, 2.24) is 4.72 Å². The van der Waals surface area contributed by atoms with Crippen LogP contribution in [0.1, 0.15) is 65.2 Å². The number of hydrogen-bond acceptors (Lipinski definition) is 1. The van der Waals surface area contributed by atoms with E-state index in [-0.39, 0.29) is 10.7 Å². The van der Waals surface area contributed by atoms with Crippen LogP contribution in [0.5, 0.6) is 0 Å². The van der Waals surface area contributed by atoms with Crippen molar-refractivity contribution < 1.29 is 0 Å². The van der Waals surface area contributed by atoms with Crippen LogP contribution in [0.3, 0.4) is 0 Å². The Kier molecular flexibility index (Phi) is 9.85. The molecule has 0 fully saturated rings. The number of hydrogen-bond donors (Lipinski definition) is 1. The highest BCUT2D eigenvalue weighted by atomic mass is 32.2. The minimum Gasteiger partial charge on any atom is -0.273 e. The van der Waals surface area contributed by atoms with E-state index in [1.165, 1.54) is 51.4 Å². The maximum atomic E-state index is 4.24. The molecule has 0 aromatic heterocycles. The molecule has 0 saturated carbocycles. The summed E-state index contributed by atoms with van der Waals surface area (Å²) < 4.78 is 3.72. The van der Waals surface area contributed by atoms with Crippen molar-refractivity contribution >= 4 is 16.5 Å². The summed E-state index contributed by atoms with van der Waals surface area (Å²) in [6, 6.07) is 0. The molecule has 0 aliphatic rings. The normalized spacial score (nSPS) is 16.4. The molecule has 0 aliphatic heterocycles. The Morgan fingerprint density at radius 1 is 1.18 bits per heavy atom. The molecule has 0 radical (unpaired) electrons. The zero-order valence-electron chi connectivity index (χ0n) is 12.1. The average Bonchev–Trinajstić information content (AvgIpc) is 2.36. The predicted molar refractivity (Wildman–Crippen MR) is 85.0 cm³/mol. The van der Waals surface area contributed by atoms with Crippen molar-refractivity contribution in [3.05, 3.63) is 12.7 Å². The van der Waals surface area contributed by atoms with Gasteiger partial charge in [0.15, 0.2) is 0 Å². The molecule has 102 valence electrons. The van der Waals surface area contributed by atoms with Gasteiger partial charge in [0.2, 0.25) is 0 Å². The maximum absolute atomic E-state index is 4.24. The summed E-state index contributed by atoms with van der Waals surface area (Å²) in [4.78, 5) is 0. The molecule has 0 saturated heterocycles. The molecule has 2 heteroatoms. The summed E-state index contributed by atoms with van der Waals surface area (Å²) >= 11 is 0. The van der Waals surface area contributed by atoms with E-state index < -0.39 is 0 Å². The molecule has 0 rings (SSSR count). The van der Waals surface area contributed by atoms with Gasteiger partial charge in [0.1, 0.15) is 0 Å². The SMILES string of the molecule is C=CCCCCCCCC(C)(CC)S(=C)NC. The number of unbranched alkanes of at least 4 members (excludes halogenated alkanes) is 5. The first kappa shape index (κ1) is 16.9. The van der Waals surface area contributed by atoms with Crippen LogP contribution in [0.15, 0.2) is 12.7 Å². The number of nitrogens with one attached hydrogen (secondary N) is 1. The third-order valence-electron chi connectivity index (χ3n) is 3.70. The highest BCUT2D eigenvalue weighted by Gasteiger charge is 2.23. The summed E-state index contributed by atoms with van der Waals surface area (Å²) in [5.41, 5.74) is 0. The zero-order valence-corrected chi connectivity index (χ0v) is 12.9. The van der Waals surface area contributed by atoms with E-state index in [4.69, 9.17) is 0 Å². The molecule has 17 heavy (non-hydrogen) atoms. The van der Waals surface area contributed by atoms with E-state index in [2.05, 4.69) is 31.0 Å². The quantitative estimate of drug-likeness (QED) is 0.315. The van der Waals surface area contributed by atoms with Crippen LogP contribution in [0.4, 0.5) is 0 Å². The van der Waals surface area contributed by atoms with Crippen molar-refractivity contribution in [1.29, 1.82) is 0 Å². The third-order valence-corrected chi connectivity index (χ3v) is 5.88. The van der Waals surface area contributed by atoms with Crippen molar-refractivity contribution in [3.8, 4) is 0 Å². The Bertz CT molecular complexity index is 225. The first-order valence-corrected chi connectivity index (χ1v) is 8.32. The molecular weight excluding hydrogens is 226 g/mol. The van der Waals surface area contributed by atoms with Gasteiger partial charge < -0.3 is 0 Å². The minimum absolute atomic E-state index is 0.0961. The van der Waals surface area contributed by atoms with Gasteiger partial charge in [-0.3, -0.25) is 4.72 Å². The van der Waals surface area contributed by atoms with E-state index in [9.17, 15) is 0 Å². The lowest BCUT2D eigenvalue weighted by Gasteiger charge is -2.31. The van der Waals surface area contributed by atoms with Crippen molar-refractivity contribution in [2.45, 2.75) is 70.0 Å². The number of rotatable bonds is 11. The Hall–Kier alpha value is -0.0800. The average molecular weight is 257 g/mol. The Labute approximate surface area is 111 Å². The third kappa shape index (κ3) is 7.05. The van der Waals surface area contributed by atoms with Gasteiger partial charge in [-0.15, -0.1) is 17.2 Å². The van der Waals surface area contributed by atoms with Gasteiger partial charge in [-0.1, -0.05) is 44.6 Å². The molecule has 2 atom stereocenters. The van der Waals surface area contributed by atoms with Gasteiger partial charge in [0.05, 0.1) is 0 Å². The highest BCUT2D eigenvalue weighted by molar-refractivity contribution is 8.13. The molecule has 2 unspecified atom stereocenters. The molecule has 0 aliphatic carbocycles. The van der Waals surface area contributed by atoms with Gasteiger partial charge in [-0.05, 0) is 39.7 Å². The lowest BCUT2D eigenvalue weighted by molar-refractivity contribution is 0.508. The summed E-state index contributed by atoms with van der Waals surface area (Å²) in [6.07, 6.45) is 12.5. The van der Waals surface area contributed by atoms with Crippen LogP contribution < -0.4 is 4.72 Å². The van der Waals surface area contributed by atoms with Crippen molar-refractivity contribution in [2.24, 2.45) is 0 Å². The molecule has 0 spiro atoms. The molecule has 0 amide bonds. The maximum Gasteiger partial charge on any atom is 0.0205 e. The van der Waals surface area contributed by atoms with Crippen molar-refractivity contribution in [3.63, 3.8) is 0 Å². The van der Waals surface area contributed by atoms with Crippen molar-refractivity contribution in [2.75, 3.05) is 7.05 Å². The van der Waals surface area contributed by atoms with Gasteiger partial charge >= 0.3 is 0 Å². The fourth-order valence-corrected chi connectivity index (χ4v) is 3.27. The zero-order chi connectivity index (χ0) is 13.1. The lowest BCUT2D eigenvalue weighted by Crippen LogP contribution is -2.25. The van der Waals surface area contributed by atoms with E-state index in [0.717, 1.165) is 0 Å². The molecule has 0 aromatic rings. The summed E-state index contributed by atoms with van der Waals surface area (Å²) in [6.45, 7) is 8.41. The Morgan fingerprint density at radius 3 is 2.29 bits per heavy atom. The second-order valence-electron chi connectivity index (χ2n) is 4.99. The van der Waals surface area contributed by atoms with E-state index in [1.807, 2.05) is 13.1 Å². The molecule has 1 N–H and O–H groups in total. The molecular formula is C15H31NS. The number of allylic oxidation sites excluding steroid dienone is 1. The highest BCUT2D eigenvalue weighted by Crippen LogP contribution is 2.35. The monoisotopic (exact) mass is 257 g/mol. The summed E-state index contributed by atoms with van der Waals surface area (Å²) in [5.74, 6) is 4.24. The van der Waals surface area contributed by atoms with Crippen LogP contribution in [-0.4, -0.2) is 17.7 Å². The van der Waals surface area contributed by atoms with Gasteiger partial charge in [0, 0.05) is 4.75 Å². The van der Waals surface area contributed by atoms with E-state index in [1.54, 1.807) is 0 Å². The summed E-state index contributed by atoms with van der Waals surface area (Å²) in [7, 11) is 2.12. The molecule has 0 aromatic carbocycles. The second kappa shape index (κ2) is 9.90. The lowest BCUT2D eigenvalue weighted by atomic mass is 9.99. The van der Waals surface area contributed by atoms with Crippen LogP contribution >= 0.6 is 10.7 Å². The minimum atomic E-state index is 0.0961. The van der Waals surface area contributed by atoms with Crippen LogP contribution in [0.25, 0.3) is 0 Å². The van der Waals surface area contributed by atoms with E-state index in [0.29, 0.717) is 4.75 Å². The standard InChI is InChI=1S/C15H31NS/c1-6-8-9-10-11-12-13-14-15(3,7-2)17(5)16-4/h6,16H,1,5,7-14H2,2-4H3. The van der Waals surface area contributed by atoms with Gasteiger partial charge in [-0.25, -0.2) is 0 Å². The fraction of sp³-hybridized carbons (Fsp3) is 0.800. The smallest absolute Gasteiger partial charge is 0.0205 e. The van der Waals surface area contributed by atoms with E-state index >= 15 is 0 Å². The molecule has 1 nitrogen and oxygen atoms in total. The first-order valence-electron chi connectivity index (χ1n) is 6.93. The van der Waals surface area contributed by atoms with Crippen LogP contribution in [0, 0.1) is 0 Å². The Morgan fingerprint density at radius 2 is 1.76 bits per heavy atom. The largest absolute Gasteiger partial charge is 0.273 e. The molecule has 0 heterocycles. The fourth-order valence-electron chi connectivity index (χ4n) is 2.04. The van der Waals surface area contributed by atoms with Gasteiger partial charge in [-0.2, -0.15) is 0 Å². The first-order chi connectivity index (χ1) is 8.10. The van der Waals surface area contributed by atoms with Gasteiger partial charge in [0.25, 0.3) is 0 Å². The second-order valence-corrected chi connectivity index (χ2v) is 7.17. The summed E-state index contributed by atoms with van der Waals surface area (Å²) in [5, 5.41) is 0.